The van der Waals surface area contributed by atoms with Gasteiger partial charge >= 0.3 is 6.09 Å². The second-order valence-electron chi connectivity index (χ2n) is 6.68. The van der Waals surface area contributed by atoms with Crippen molar-refractivity contribution in [1.29, 1.82) is 0 Å². The zero-order valence-electron chi connectivity index (χ0n) is 15.7. The summed E-state index contributed by atoms with van der Waals surface area (Å²) in [6.07, 6.45) is 0.787. The van der Waals surface area contributed by atoms with Gasteiger partial charge in [0.2, 0.25) is 5.91 Å². The number of aliphatic hydroxyl groups excluding tert-OH is 1. The smallest absolute Gasteiger partial charge is 0.415 e. The maximum absolute atomic E-state index is 12.4. The van der Waals surface area contributed by atoms with Gasteiger partial charge in [0.1, 0.15) is 36.8 Å². The Kier molecular flexibility index (Phi) is 5.06. The third-order valence-corrected chi connectivity index (χ3v) is 4.78. The summed E-state index contributed by atoms with van der Waals surface area (Å²) >= 11 is 0. The zero-order valence-corrected chi connectivity index (χ0v) is 15.7. The maximum Gasteiger partial charge on any atom is 0.415 e. The highest BCUT2D eigenvalue weighted by Crippen LogP contribution is 2.40. The molecule has 2 atom stereocenters. The van der Waals surface area contributed by atoms with Crippen molar-refractivity contribution in [2.24, 2.45) is 0 Å². The summed E-state index contributed by atoms with van der Waals surface area (Å²) < 4.78 is 11.3. The summed E-state index contributed by atoms with van der Waals surface area (Å²) in [6.45, 7) is 1.73. The zero-order chi connectivity index (χ0) is 20.4. The Bertz CT molecular complexity index is 1010. The Morgan fingerprint density at radius 3 is 2.90 bits per heavy atom. The van der Waals surface area contributed by atoms with Crippen molar-refractivity contribution < 1.29 is 24.2 Å². The summed E-state index contributed by atoms with van der Waals surface area (Å²) in [5.74, 6) is 5.72. The number of nitrogens with one attached hydrogen (secondary N) is 1. The molecule has 2 N–H and O–H groups in total. The number of hydrogen-bond acceptors (Lipinski definition) is 6. The van der Waals surface area contributed by atoms with Crippen molar-refractivity contribution in [3.8, 4) is 28.7 Å². The van der Waals surface area contributed by atoms with Gasteiger partial charge in [0.05, 0.1) is 12.2 Å². The predicted octanol–water partition coefficient (Wildman–Crippen LogP) is 1.31. The van der Waals surface area contributed by atoms with Crippen LogP contribution in [0.5, 0.6) is 5.75 Å². The van der Waals surface area contributed by atoms with Crippen molar-refractivity contribution in [3.05, 3.63) is 42.2 Å². The molecular formula is C21H19N3O5. The Balaban J connectivity index is 1.56. The molecule has 0 bridgehead atoms. The molecular weight excluding hydrogens is 374 g/mol. The Hall–Kier alpha value is -3.57. The standard InChI is InChI=1S/C21H19N3O5/c1-13(26)22-11-20-18-12-28-19-9-14(5-7-17(19)24(18)21(27)29-20)15-4-6-16(23-10-15)3-2-8-25/h4-7,9-10,18,20,25H,8,11-12H2,1H3,(H,22,26)/t18-,20-/m0/s1. The molecule has 148 valence electrons. The van der Waals surface area contributed by atoms with Crippen molar-refractivity contribution >= 4 is 17.7 Å². The largest absolute Gasteiger partial charge is 0.489 e. The predicted molar refractivity (Wildman–Crippen MR) is 104 cm³/mol. The van der Waals surface area contributed by atoms with E-state index in [-0.39, 0.29) is 31.7 Å². The highest BCUT2D eigenvalue weighted by atomic mass is 16.6. The quantitative estimate of drug-likeness (QED) is 0.763. The number of ether oxygens (including phenoxy) is 2. The van der Waals surface area contributed by atoms with Crippen molar-refractivity contribution in [2.45, 2.75) is 19.1 Å². The van der Waals surface area contributed by atoms with Crippen LogP contribution in [-0.2, 0) is 9.53 Å². The van der Waals surface area contributed by atoms with Gasteiger partial charge in [-0.05, 0) is 29.7 Å². The molecule has 2 aliphatic heterocycles. The molecule has 3 heterocycles. The molecule has 8 heteroatoms. The van der Waals surface area contributed by atoms with Crippen molar-refractivity contribution in [3.63, 3.8) is 0 Å². The molecule has 0 unspecified atom stereocenters. The van der Waals surface area contributed by atoms with Gasteiger partial charge in [-0.15, -0.1) is 0 Å². The SMILES string of the molecule is CC(=O)NC[C@@H]1OC(=O)N2c3ccc(-c4ccc(C#CCO)nc4)cc3OC[C@@H]12. The number of nitrogens with zero attached hydrogens (tertiary/aromatic N) is 2. The van der Waals surface area contributed by atoms with E-state index in [9.17, 15) is 9.59 Å². The lowest BCUT2D eigenvalue weighted by atomic mass is 10.0. The minimum atomic E-state index is -0.462. The van der Waals surface area contributed by atoms with Crippen molar-refractivity contribution in [2.75, 3.05) is 24.7 Å². The maximum atomic E-state index is 12.4. The first-order chi connectivity index (χ1) is 14.1. The lowest BCUT2D eigenvalue weighted by molar-refractivity contribution is -0.119. The van der Waals surface area contributed by atoms with Crippen LogP contribution in [0.2, 0.25) is 0 Å². The number of aromatic nitrogens is 1. The number of hydrogen-bond donors (Lipinski definition) is 2. The number of anilines is 1. The Labute approximate surface area is 167 Å². The molecule has 1 saturated heterocycles. The molecule has 8 nitrogen and oxygen atoms in total. The first-order valence-corrected chi connectivity index (χ1v) is 9.14. The number of carbonyl (C=O) groups excluding carboxylic acids is 2. The van der Waals surface area contributed by atoms with Gasteiger partial charge in [0.15, 0.2) is 0 Å². The van der Waals surface area contributed by atoms with Crippen LogP contribution < -0.4 is 15.0 Å². The van der Waals surface area contributed by atoms with E-state index < -0.39 is 12.2 Å². The van der Waals surface area contributed by atoms with Crippen molar-refractivity contribution in [1.82, 2.24) is 10.3 Å². The summed E-state index contributed by atoms with van der Waals surface area (Å²) in [7, 11) is 0. The minimum absolute atomic E-state index is 0.178. The van der Waals surface area contributed by atoms with Gasteiger partial charge in [-0.25, -0.2) is 9.78 Å². The highest BCUT2D eigenvalue weighted by molar-refractivity contribution is 5.94. The van der Waals surface area contributed by atoms with E-state index in [1.807, 2.05) is 24.3 Å². The minimum Gasteiger partial charge on any atom is -0.489 e. The van der Waals surface area contributed by atoms with Gasteiger partial charge in [0, 0.05) is 18.7 Å². The molecule has 29 heavy (non-hydrogen) atoms. The van der Waals surface area contributed by atoms with E-state index in [1.165, 1.54) is 6.92 Å². The third-order valence-electron chi connectivity index (χ3n) is 4.78. The molecule has 1 fully saturated rings. The van der Waals surface area contributed by atoms with Crippen LogP contribution in [0.4, 0.5) is 10.5 Å². The number of rotatable bonds is 3. The molecule has 2 amide bonds. The average molecular weight is 393 g/mol. The molecule has 0 radical (unpaired) electrons. The molecule has 4 rings (SSSR count). The number of cyclic esters (lactones) is 1. The van der Waals surface area contributed by atoms with E-state index in [1.54, 1.807) is 17.2 Å². The van der Waals surface area contributed by atoms with Crippen LogP contribution >= 0.6 is 0 Å². The third kappa shape index (κ3) is 3.73. The van der Waals surface area contributed by atoms with Crippen LogP contribution in [0.3, 0.4) is 0 Å². The van der Waals surface area contributed by atoms with Crippen LogP contribution in [0.25, 0.3) is 11.1 Å². The van der Waals surface area contributed by atoms with E-state index >= 15 is 0 Å². The van der Waals surface area contributed by atoms with Gasteiger partial charge in [0.25, 0.3) is 0 Å². The normalized spacial score (nSPS) is 19.2. The van der Waals surface area contributed by atoms with E-state index in [0.29, 0.717) is 17.1 Å². The number of aliphatic hydroxyl groups is 1. The van der Waals surface area contributed by atoms with Gasteiger partial charge in [-0.2, -0.15) is 0 Å². The molecule has 0 spiro atoms. The van der Waals surface area contributed by atoms with Gasteiger partial charge < -0.3 is 19.9 Å². The summed E-state index contributed by atoms with van der Waals surface area (Å²) in [5.41, 5.74) is 2.97. The molecule has 1 aromatic carbocycles. The fraction of sp³-hybridized carbons (Fsp3) is 0.286. The summed E-state index contributed by atoms with van der Waals surface area (Å²) in [5, 5.41) is 11.4. The number of fused-ring (bicyclic) bond motifs is 3. The van der Waals surface area contributed by atoms with E-state index in [4.69, 9.17) is 14.6 Å². The number of amides is 2. The van der Waals surface area contributed by atoms with Crippen LogP contribution in [-0.4, -0.2) is 54.0 Å². The van der Waals surface area contributed by atoms with Gasteiger partial charge in [-0.1, -0.05) is 18.1 Å². The highest BCUT2D eigenvalue weighted by Gasteiger charge is 2.46. The molecule has 0 saturated carbocycles. The first kappa shape index (κ1) is 18.8. The van der Waals surface area contributed by atoms with E-state index in [0.717, 1.165) is 11.1 Å². The topological polar surface area (TPSA) is 101 Å². The molecule has 1 aromatic heterocycles. The number of carbonyl (C=O) groups is 2. The summed E-state index contributed by atoms with van der Waals surface area (Å²) in [6, 6.07) is 8.93. The van der Waals surface area contributed by atoms with Crippen LogP contribution in [0, 0.1) is 11.8 Å². The Morgan fingerprint density at radius 2 is 2.17 bits per heavy atom. The lowest BCUT2D eigenvalue weighted by Gasteiger charge is -2.31. The molecule has 2 aromatic rings. The average Bonchev–Trinajstić information content (AvgIpc) is 3.06. The summed E-state index contributed by atoms with van der Waals surface area (Å²) in [4.78, 5) is 29.4. The van der Waals surface area contributed by atoms with E-state index in [2.05, 4.69) is 22.1 Å². The Morgan fingerprint density at radius 1 is 1.34 bits per heavy atom. The monoisotopic (exact) mass is 393 g/mol. The lowest BCUT2D eigenvalue weighted by Crippen LogP contribution is -2.47. The molecule has 2 aliphatic rings. The number of benzene rings is 1. The van der Waals surface area contributed by atoms with Crippen LogP contribution in [0.1, 0.15) is 12.6 Å². The molecule has 0 aliphatic carbocycles. The number of pyridine rings is 1. The fourth-order valence-electron chi connectivity index (χ4n) is 3.40. The van der Waals surface area contributed by atoms with Crippen LogP contribution in [0.15, 0.2) is 36.5 Å². The second kappa shape index (κ2) is 7.81. The second-order valence-corrected chi connectivity index (χ2v) is 6.68. The fourth-order valence-corrected chi connectivity index (χ4v) is 3.40. The first-order valence-electron chi connectivity index (χ1n) is 9.14. The van der Waals surface area contributed by atoms with Gasteiger partial charge in [-0.3, -0.25) is 9.69 Å².